The van der Waals surface area contributed by atoms with Crippen LogP contribution in [0.2, 0.25) is 0 Å². The van der Waals surface area contributed by atoms with Gasteiger partial charge in [-0.1, -0.05) is 0 Å². The van der Waals surface area contributed by atoms with E-state index in [9.17, 15) is 0 Å². The molecule has 0 spiro atoms. The minimum Gasteiger partial charge on any atom is -0.397 e. The van der Waals surface area contributed by atoms with Gasteiger partial charge in [0.1, 0.15) is 0 Å². The number of nitrogens with zero attached hydrogens (tertiary/aromatic N) is 2. The lowest BCUT2D eigenvalue weighted by Gasteiger charge is -2.22. The molecule has 0 saturated heterocycles. The minimum absolute atomic E-state index is 0.847. The highest BCUT2D eigenvalue weighted by molar-refractivity contribution is 7.18. The molecule has 86 valence electrons. The Balaban J connectivity index is 2.56. The van der Waals surface area contributed by atoms with Crippen LogP contribution in [0, 0.1) is 6.92 Å². The summed E-state index contributed by atoms with van der Waals surface area (Å²) in [4.78, 5) is 6.76. The van der Waals surface area contributed by atoms with Crippen LogP contribution in [0.25, 0.3) is 10.2 Å². The van der Waals surface area contributed by atoms with Crippen LogP contribution >= 0.6 is 11.3 Å². The lowest BCUT2D eigenvalue weighted by atomic mass is 10.2. The van der Waals surface area contributed by atoms with Gasteiger partial charge in [-0.05, 0) is 32.9 Å². The average Bonchev–Trinajstić information content (AvgIpc) is 2.59. The Morgan fingerprint density at radius 1 is 1.31 bits per heavy atom. The van der Waals surface area contributed by atoms with Gasteiger partial charge in [-0.3, -0.25) is 0 Å². The largest absolute Gasteiger partial charge is 0.397 e. The molecule has 0 aliphatic heterocycles. The highest BCUT2D eigenvalue weighted by Gasteiger charge is 2.10. The van der Waals surface area contributed by atoms with Crippen molar-refractivity contribution in [3.63, 3.8) is 0 Å². The third-order valence-electron chi connectivity index (χ3n) is 2.75. The number of rotatable bonds is 3. The molecule has 3 nitrogen and oxygen atoms in total. The predicted octanol–water partition coefficient (Wildman–Crippen LogP) is 3.03. The molecule has 0 atom stereocenters. The first kappa shape index (κ1) is 11.2. The molecule has 2 aromatic rings. The number of fused-ring (bicyclic) bond motifs is 1. The summed E-state index contributed by atoms with van der Waals surface area (Å²) in [7, 11) is 0. The number of benzene rings is 1. The highest BCUT2D eigenvalue weighted by Crippen LogP contribution is 2.31. The number of nitrogens with two attached hydrogens (primary N) is 1. The van der Waals surface area contributed by atoms with Crippen LogP contribution in [0.15, 0.2) is 12.1 Å². The predicted molar refractivity (Wildman–Crippen MR) is 72.3 cm³/mol. The van der Waals surface area contributed by atoms with Crippen molar-refractivity contribution in [3.05, 3.63) is 17.1 Å². The van der Waals surface area contributed by atoms with Crippen molar-refractivity contribution in [1.29, 1.82) is 0 Å². The molecule has 0 unspecified atom stereocenters. The monoisotopic (exact) mass is 235 g/mol. The fourth-order valence-electron chi connectivity index (χ4n) is 1.93. The molecule has 1 heterocycles. The Morgan fingerprint density at radius 2 is 2.00 bits per heavy atom. The van der Waals surface area contributed by atoms with E-state index in [1.54, 1.807) is 11.3 Å². The van der Waals surface area contributed by atoms with Crippen LogP contribution in [0.4, 0.5) is 11.4 Å². The maximum atomic E-state index is 6.09. The lowest BCUT2D eigenvalue weighted by molar-refractivity contribution is 0.868. The van der Waals surface area contributed by atoms with E-state index in [1.165, 1.54) is 4.70 Å². The number of anilines is 2. The molecule has 0 bridgehead atoms. The maximum absolute atomic E-state index is 6.09. The second kappa shape index (κ2) is 4.29. The van der Waals surface area contributed by atoms with E-state index in [1.807, 2.05) is 13.0 Å². The second-order valence-electron chi connectivity index (χ2n) is 3.78. The molecule has 2 N–H and O–H groups in total. The van der Waals surface area contributed by atoms with Gasteiger partial charge in [-0.25, -0.2) is 4.98 Å². The van der Waals surface area contributed by atoms with E-state index in [4.69, 9.17) is 5.73 Å². The number of thiazole rings is 1. The SMILES string of the molecule is CCN(CC)c1cc2nc(C)sc2cc1N. The third-order valence-corrected chi connectivity index (χ3v) is 3.68. The normalized spacial score (nSPS) is 10.9. The van der Waals surface area contributed by atoms with Gasteiger partial charge in [-0.2, -0.15) is 0 Å². The molecule has 0 fully saturated rings. The quantitative estimate of drug-likeness (QED) is 0.831. The molecule has 0 aliphatic rings. The zero-order valence-corrected chi connectivity index (χ0v) is 10.8. The van der Waals surface area contributed by atoms with Crippen LogP contribution in [0.3, 0.4) is 0 Å². The second-order valence-corrected chi connectivity index (χ2v) is 5.02. The summed E-state index contributed by atoms with van der Waals surface area (Å²) in [5, 5.41) is 1.09. The topological polar surface area (TPSA) is 42.2 Å². The fourth-order valence-corrected chi connectivity index (χ4v) is 2.79. The third kappa shape index (κ3) is 1.85. The summed E-state index contributed by atoms with van der Waals surface area (Å²) >= 11 is 1.69. The maximum Gasteiger partial charge on any atom is 0.0907 e. The standard InChI is InChI=1S/C12H17N3S/c1-4-15(5-2)11-7-10-12(6-9(11)13)16-8(3)14-10/h6-7H,4-5,13H2,1-3H3. The summed E-state index contributed by atoms with van der Waals surface area (Å²) in [5.41, 5.74) is 9.09. The van der Waals surface area contributed by atoms with Gasteiger partial charge in [0.25, 0.3) is 0 Å². The fraction of sp³-hybridized carbons (Fsp3) is 0.417. The molecule has 1 aromatic carbocycles. The van der Waals surface area contributed by atoms with Crippen molar-refractivity contribution in [3.8, 4) is 0 Å². The van der Waals surface area contributed by atoms with Crippen LogP contribution in [0.1, 0.15) is 18.9 Å². The molecular weight excluding hydrogens is 218 g/mol. The van der Waals surface area contributed by atoms with Crippen molar-refractivity contribution < 1.29 is 0 Å². The number of aryl methyl sites for hydroxylation is 1. The van der Waals surface area contributed by atoms with E-state index in [2.05, 4.69) is 29.8 Å². The van der Waals surface area contributed by atoms with Crippen molar-refractivity contribution in [2.45, 2.75) is 20.8 Å². The van der Waals surface area contributed by atoms with Crippen LogP contribution in [0.5, 0.6) is 0 Å². The number of hydrogen-bond acceptors (Lipinski definition) is 4. The molecule has 0 radical (unpaired) electrons. The Hall–Kier alpha value is -1.29. The Bertz CT molecular complexity index is 500. The summed E-state index contributed by atoms with van der Waals surface area (Å²) in [5.74, 6) is 0. The van der Waals surface area contributed by atoms with Gasteiger partial charge in [0.15, 0.2) is 0 Å². The van der Waals surface area contributed by atoms with E-state index in [0.717, 1.165) is 35.0 Å². The van der Waals surface area contributed by atoms with Gasteiger partial charge in [0.2, 0.25) is 0 Å². The number of hydrogen-bond donors (Lipinski definition) is 1. The summed E-state index contributed by atoms with van der Waals surface area (Å²) < 4.78 is 1.17. The molecule has 0 aliphatic carbocycles. The van der Waals surface area contributed by atoms with Crippen molar-refractivity contribution in [1.82, 2.24) is 4.98 Å². The van der Waals surface area contributed by atoms with Crippen LogP contribution < -0.4 is 10.6 Å². The number of aromatic nitrogens is 1. The molecule has 0 saturated carbocycles. The van der Waals surface area contributed by atoms with Crippen molar-refractivity contribution in [2.24, 2.45) is 0 Å². The highest BCUT2D eigenvalue weighted by atomic mass is 32.1. The smallest absolute Gasteiger partial charge is 0.0907 e. The first-order chi connectivity index (χ1) is 7.65. The minimum atomic E-state index is 0.847. The van der Waals surface area contributed by atoms with E-state index < -0.39 is 0 Å². The molecule has 1 aromatic heterocycles. The van der Waals surface area contributed by atoms with Crippen LogP contribution in [-0.2, 0) is 0 Å². The van der Waals surface area contributed by atoms with Gasteiger partial charge in [0.05, 0.1) is 26.6 Å². The van der Waals surface area contributed by atoms with E-state index >= 15 is 0 Å². The van der Waals surface area contributed by atoms with Gasteiger partial charge < -0.3 is 10.6 Å². The number of nitrogen functional groups attached to an aromatic ring is 1. The zero-order valence-electron chi connectivity index (χ0n) is 9.95. The van der Waals surface area contributed by atoms with E-state index in [-0.39, 0.29) is 0 Å². The zero-order chi connectivity index (χ0) is 11.7. The first-order valence-corrected chi connectivity index (χ1v) is 6.39. The summed E-state index contributed by atoms with van der Waals surface area (Å²) in [6.07, 6.45) is 0. The van der Waals surface area contributed by atoms with Gasteiger partial charge >= 0.3 is 0 Å². The van der Waals surface area contributed by atoms with Crippen LogP contribution in [-0.4, -0.2) is 18.1 Å². The Kier molecular flexibility index (Phi) is 3.01. The lowest BCUT2D eigenvalue weighted by Crippen LogP contribution is -2.22. The van der Waals surface area contributed by atoms with Gasteiger partial charge in [-0.15, -0.1) is 11.3 Å². The van der Waals surface area contributed by atoms with Crippen molar-refractivity contribution in [2.75, 3.05) is 23.7 Å². The molecule has 0 amide bonds. The molecule has 16 heavy (non-hydrogen) atoms. The first-order valence-electron chi connectivity index (χ1n) is 5.57. The Morgan fingerprint density at radius 3 is 2.62 bits per heavy atom. The molecule has 4 heteroatoms. The summed E-state index contributed by atoms with van der Waals surface area (Å²) in [6.45, 7) is 8.24. The average molecular weight is 235 g/mol. The van der Waals surface area contributed by atoms with Gasteiger partial charge in [0, 0.05) is 13.1 Å². The molecular formula is C12H17N3S. The van der Waals surface area contributed by atoms with Crippen molar-refractivity contribution >= 4 is 32.9 Å². The Labute approximate surface area is 99.9 Å². The molecule has 2 rings (SSSR count). The van der Waals surface area contributed by atoms with E-state index in [0.29, 0.717) is 0 Å². The summed E-state index contributed by atoms with van der Waals surface area (Å²) in [6, 6.07) is 4.13.